The van der Waals surface area contributed by atoms with E-state index in [1.807, 2.05) is 11.3 Å². The summed E-state index contributed by atoms with van der Waals surface area (Å²) in [6.07, 6.45) is 2.64. The van der Waals surface area contributed by atoms with Crippen LogP contribution in [0.1, 0.15) is 17.7 Å². The molecular weight excluding hydrogens is 272 g/mol. The van der Waals surface area contributed by atoms with Crippen LogP contribution in [0.15, 0.2) is 15.9 Å². The van der Waals surface area contributed by atoms with Crippen molar-refractivity contribution in [2.45, 2.75) is 25.4 Å². The van der Waals surface area contributed by atoms with Crippen LogP contribution in [0.5, 0.6) is 0 Å². The van der Waals surface area contributed by atoms with E-state index < -0.39 is 0 Å². The number of piperidine rings is 1. The monoisotopic (exact) mass is 288 g/mol. The first kappa shape index (κ1) is 11.6. The summed E-state index contributed by atoms with van der Waals surface area (Å²) in [4.78, 5) is 3.82. The Balaban J connectivity index is 1.77. The van der Waals surface area contributed by atoms with Crippen LogP contribution < -0.4 is 5.32 Å². The van der Waals surface area contributed by atoms with Crippen molar-refractivity contribution in [1.29, 1.82) is 0 Å². The zero-order chi connectivity index (χ0) is 10.7. The molecule has 1 fully saturated rings. The van der Waals surface area contributed by atoms with Crippen LogP contribution in [0.4, 0.5) is 0 Å². The molecule has 4 heteroatoms. The van der Waals surface area contributed by atoms with Gasteiger partial charge in [-0.3, -0.25) is 0 Å². The maximum Gasteiger partial charge on any atom is 0.0701 e. The summed E-state index contributed by atoms with van der Waals surface area (Å²) in [6, 6.07) is 4.98. The van der Waals surface area contributed by atoms with Crippen LogP contribution in [0.25, 0.3) is 0 Å². The van der Waals surface area contributed by atoms with Crippen LogP contribution in [0, 0.1) is 0 Å². The van der Waals surface area contributed by atoms with Gasteiger partial charge in [0.2, 0.25) is 0 Å². The molecule has 2 rings (SSSR count). The molecule has 0 aromatic carbocycles. The molecule has 1 aromatic rings. The van der Waals surface area contributed by atoms with Gasteiger partial charge < -0.3 is 10.2 Å². The highest BCUT2D eigenvalue weighted by atomic mass is 79.9. The summed E-state index contributed by atoms with van der Waals surface area (Å²) in [5, 5.41) is 3.63. The van der Waals surface area contributed by atoms with Crippen molar-refractivity contribution in [2.24, 2.45) is 0 Å². The predicted molar refractivity (Wildman–Crippen MR) is 69.4 cm³/mol. The van der Waals surface area contributed by atoms with E-state index in [0.29, 0.717) is 6.04 Å². The molecule has 0 aliphatic carbocycles. The molecule has 1 N–H and O–H groups in total. The molecule has 15 heavy (non-hydrogen) atoms. The number of nitrogens with one attached hydrogen (secondary N) is 1. The number of hydrogen-bond donors (Lipinski definition) is 1. The lowest BCUT2D eigenvalue weighted by Gasteiger charge is -2.30. The van der Waals surface area contributed by atoms with E-state index in [1.165, 1.54) is 34.6 Å². The second-order valence-electron chi connectivity index (χ2n) is 4.19. The van der Waals surface area contributed by atoms with E-state index in [9.17, 15) is 0 Å². The fraction of sp³-hybridized carbons (Fsp3) is 0.636. The van der Waals surface area contributed by atoms with Crippen LogP contribution in [0.3, 0.4) is 0 Å². The summed E-state index contributed by atoms with van der Waals surface area (Å²) in [5.74, 6) is 0. The Morgan fingerprint density at radius 3 is 3.13 bits per heavy atom. The molecule has 0 saturated carbocycles. The van der Waals surface area contributed by atoms with Crippen LogP contribution in [-0.4, -0.2) is 31.1 Å². The van der Waals surface area contributed by atoms with E-state index in [1.54, 1.807) is 0 Å². The molecule has 0 spiro atoms. The average molecular weight is 289 g/mol. The minimum Gasteiger partial charge on any atom is -0.308 e. The number of likely N-dealkylation sites (N-methyl/N-ethyl adjacent to an activating group) is 1. The quantitative estimate of drug-likeness (QED) is 0.920. The van der Waals surface area contributed by atoms with Crippen molar-refractivity contribution in [3.8, 4) is 0 Å². The highest BCUT2D eigenvalue weighted by Gasteiger charge is 2.16. The molecule has 1 aliphatic heterocycles. The van der Waals surface area contributed by atoms with Gasteiger partial charge >= 0.3 is 0 Å². The van der Waals surface area contributed by atoms with E-state index in [4.69, 9.17) is 0 Å². The molecule has 84 valence electrons. The Labute approximate surface area is 104 Å². The van der Waals surface area contributed by atoms with Crippen molar-refractivity contribution >= 4 is 27.3 Å². The van der Waals surface area contributed by atoms with Crippen LogP contribution in [-0.2, 0) is 6.54 Å². The number of hydrogen-bond acceptors (Lipinski definition) is 3. The Kier molecular flexibility index (Phi) is 4.20. The zero-order valence-electron chi connectivity index (χ0n) is 9.00. The van der Waals surface area contributed by atoms with E-state index in [0.717, 1.165) is 6.54 Å². The van der Waals surface area contributed by atoms with Gasteiger partial charge in [-0.15, -0.1) is 11.3 Å². The first-order valence-corrected chi connectivity index (χ1v) is 7.01. The molecule has 2 heterocycles. The maximum absolute atomic E-state index is 3.63. The first-order valence-electron chi connectivity index (χ1n) is 5.40. The molecule has 0 amide bonds. The predicted octanol–water partition coefficient (Wildman–Crippen LogP) is 2.69. The highest BCUT2D eigenvalue weighted by molar-refractivity contribution is 9.11. The third kappa shape index (κ3) is 3.55. The maximum atomic E-state index is 3.63. The lowest BCUT2D eigenvalue weighted by atomic mass is 10.1. The molecule has 1 atom stereocenters. The van der Waals surface area contributed by atoms with E-state index in [-0.39, 0.29) is 0 Å². The summed E-state index contributed by atoms with van der Waals surface area (Å²) in [6.45, 7) is 3.45. The standard InChI is InChI=1S/C11H17BrN2S/c1-14-6-2-3-9(8-14)13-7-10-4-5-11(12)15-10/h4-5,9,13H,2-3,6-8H2,1H3. The van der Waals surface area contributed by atoms with Crippen LogP contribution in [0.2, 0.25) is 0 Å². The lowest BCUT2D eigenvalue weighted by molar-refractivity contribution is 0.227. The molecule has 1 aliphatic rings. The highest BCUT2D eigenvalue weighted by Crippen LogP contribution is 2.22. The smallest absolute Gasteiger partial charge is 0.0701 e. The van der Waals surface area contributed by atoms with Gasteiger partial charge in [0.25, 0.3) is 0 Å². The van der Waals surface area contributed by atoms with Crippen LogP contribution >= 0.6 is 27.3 Å². The number of thiophene rings is 1. The molecule has 0 radical (unpaired) electrons. The third-order valence-electron chi connectivity index (χ3n) is 2.82. The summed E-state index contributed by atoms with van der Waals surface area (Å²) >= 11 is 5.31. The summed E-state index contributed by atoms with van der Waals surface area (Å²) in [5.41, 5.74) is 0. The summed E-state index contributed by atoms with van der Waals surface area (Å²) < 4.78 is 1.22. The molecule has 2 nitrogen and oxygen atoms in total. The second-order valence-corrected chi connectivity index (χ2v) is 6.74. The van der Waals surface area contributed by atoms with Crippen molar-refractivity contribution in [1.82, 2.24) is 10.2 Å². The van der Waals surface area contributed by atoms with Gasteiger partial charge in [-0.2, -0.15) is 0 Å². The van der Waals surface area contributed by atoms with Gasteiger partial charge in [-0.05, 0) is 54.5 Å². The van der Waals surface area contributed by atoms with E-state index >= 15 is 0 Å². The molecule has 1 saturated heterocycles. The zero-order valence-corrected chi connectivity index (χ0v) is 11.4. The molecule has 1 unspecified atom stereocenters. The topological polar surface area (TPSA) is 15.3 Å². The molecular formula is C11H17BrN2S. The second kappa shape index (κ2) is 5.43. The largest absolute Gasteiger partial charge is 0.308 e. The average Bonchev–Trinajstić information content (AvgIpc) is 2.62. The van der Waals surface area contributed by atoms with Crippen molar-refractivity contribution < 1.29 is 0 Å². The van der Waals surface area contributed by atoms with Gasteiger partial charge in [0.05, 0.1) is 3.79 Å². The number of likely N-dealkylation sites (tertiary alicyclic amines) is 1. The lowest BCUT2D eigenvalue weighted by Crippen LogP contribution is -2.43. The Bertz CT molecular complexity index is 313. The SMILES string of the molecule is CN1CCCC(NCc2ccc(Br)s2)C1. The number of rotatable bonds is 3. The Hall–Kier alpha value is 0.1000. The van der Waals surface area contributed by atoms with Gasteiger partial charge in [0.15, 0.2) is 0 Å². The minimum atomic E-state index is 0.671. The van der Waals surface area contributed by atoms with Gasteiger partial charge in [-0.1, -0.05) is 0 Å². The van der Waals surface area contributed by atoms with Gasteiger partial charge in [0.1, 0.15) is 0 Å². The third-order valence-corrected chi connectivity index (χ3v) is 4.44. The fourth-order valence-electron chi connectivity index (χ4n) is 2.02. The number of halogens is 1. The minimum absolute atomic E-state index is 0.671. The normalized spacial score (nSPS) is 23.2. The Morgan fingerprint density at radius 2 is 2.47 bits per heavy atom. The van der Waals surface area contributed by atoms with Crippen molar-refractivity contribution in [2.75, 3.05) is 20.1 Å². The summed E-state index contributed by atoms with van der Waals surface area (Å²) in [7, 11) is 2.20. The van der Waals surface area contributed by atoms with Gasteiger partial charge in [0, 0.05) is 24.0 Å². The fourth-order valence-corrected chi connectivity index (χ4v) is 3.46. The molecule has 0 bridgehead atoms. The van der Waals surface area contributed by atoms with Gasteiger partial charge in [-0.25, -0.2) is 0 Å². The first-order chi connectivity index (χ1) is 7.24. The van der Waals surface area contributed by atoms with Crippen molar-refractivity contribution in [3.63, 3.8) is 0 Å². The number of nitrogens with zero attached hydrogens (tertiary/aromatic N) is 1. The Morgan fingerprint density at radius 1 is 1.60 bits per heavy atom. The molecule has 1 aromatic heterocycles. The van der Waals surface area contributed by atoms with E-state index in [2.05, 4.69) is 45.3 Å². The van der Waals surface area contributed by atoms with Crippen molar-refractivity contribution in [3.05, 3.63) is 20.8 Å².